The Morgan fingerprint density at radius 3 is 2.80 bits per heavy atom. The zero-order chi connectivity index (χ0) is 7.56. The third-order valence-corrected chi connectivity index (χ3v) is 2.03. The van der Waals surface area contributed by atoms with Crippen molar-refractivity contribution in [1.29, 1.82) is 0 Å². The molecule has 0 radical (unpaired) electrons. The average Bonchev–Trinajstić information content (AvgIpc) is 1.85. The summed E-state index contributed by atoms with van der Waals surface area (Å²) in [5.74, 6) is 6.65. The van der Waals surface area contributed by atoms with Crippen LogP contribution in [0.5, 0.6) is 0 Å². The molecular weight excluding hydrogens is 128 g/mol. The zero-order valence-electron chi connectivity index (χ0n) is 6.45. The molecule has 0 bridgehead atoms. The minimum Gasteiger partial charge on any atom is -0.396 e. The van der Waals surface area contributed by atoms with Crippen LogP contribution in [0.4, 0.5) is 0 Å². The molecule has 0 saturated carbocycles. The lowest BCUT2D eigenvalue weighted by Crippen LogP contribution is -2.44. The van der Waals surface area contributed by atoms with Gasteiger partial charge in [-0.25, -0.2) is 5.01 Å². The van der Waals surface area contributed by atoms with E-state index in [1.807, 2.05) is 0 Å². The Bertz CT molecular complexity index is 97.8. The maximum Gasteiger partial charge on any atom is 0.0472 e. The highest BCUT2D eigenvalue weighted by Gasteiger charge is 2.21. The van der Waals surface area contributed by atoms with E-state index in [0.717, 1.165) is 19.5 Å². The van der Waals surface area contributed by atoms with Crippen molar-refractivity contribution >= 4 is 0 Å². The van der Waals surface area contributed by atoms with Crippen LogP contribution in [0.15, 0.2) is 0 Å². The van der Waals surface area contributed by atoms with Crippen molar-refractivity contribution in [3.63, 3.8) is 0 Å². The molecule has 60 valence electrons. The molecule has 0 aromatic heterocycles. The van der Waals surface area contributed by atoms with E-state index in [1.165, 1.54) is 0 Å². The van der Waals surface area contributed by atoms with Crippen LogP contribution >= 0.6 is 0 Å². The first kappa shape index (κ1) is 7.98. The fraction of sp³-hybridized carbons (Fsp3) is 1.00. The molecule has 1 aliphatic heterocycles. The van der Waals surface area contributed by atoms with Crippen LogP contribution in [-0.2, 0) is 0 Å². The molecule has 0 spiro atoms. The van der Waals surface area contributed by atoms with Crippen molar-refractivity contribution in [3.8, 4) is 0 Å². The minimum atomic E-state index is 0.276. The highest BCUT2D eigenvalue weighted by Crippen LogP contribution is 2.18. The lowest BCUT2D eigenvalue weighted by Gasteiger charge is -2.32. The minimum absolute atomic E-state index is 0.276. The number of hydrogen-bond acceptors (Lipinski definition) is 3. The van der Waals surface area contributed by atoms with E-state index in [-0.39, 0.29) is 6.61 Å². The van der Waals surface area contributed by atoms with Crippen LogP contribution in [0.25, 0.3) is 0 Å². The van der Waals surface area contributed by atoms with E-state index in [0.29, 0.717) is 11.8 Å². The number of rotatable bonds is 1. The Balaban J connectivity index is 2.35. The SMILES string of the molecule is CC1CC(CO)CN(N)C1. The number of nitrogens with zero attached hydrogens (tertiary/aromatic N) is 1. The summed E-state index contributed by atoms with van der Waals surface area (Å²) in [6, 6.07) is 0. The molecule has 1 aliphatic rings. The van der Waals surface area contributed by atoms with Gasteiger partial charge < -0.3 is 5.11 Å². The molecule has 1 rings (SSSR count). The Labute approximate surface area is 61.8 Å². The molecule has 1 saturated heterocycles. The number of piperidine rings is 1. The average molecular weight is 144 g/mol. The number of aliphatic hydroxyl groups excluding tert-OH is 1. The summed E-state index contributed by atoms with van der Waals surface area (Å²) in [4.78, 5) is 0. The fourth-order valence-electron chi connectivity index (χ4n) is 1.66. The van der Waals surface area contributed by atoms with E-state index in [1.54, 1.807) is 5.01 Å². The van der Waals surface area contributed by atoms with E-state index in [2.05, 4.69) is 6.92 Å². The second kappa shape index (κ2) is 3.32. The topological polar surface area (TPSA) is 49.5 Å². The molecule has 2 atom stereocenters. The molecule has 3 N–H and O–H groups in total. The summed E-state index contributed by atoms with van der Waals surface area (Å²) >= 11 is 0. The van der Waals surface area contributed by atoms with Gasteiger partial charge in [-0.15, -0.1) is 0 Å². The van der Waals surface area contributed by atoms with Gasteiger partial charge in [0, 0.05) is 19.7 Å². The van der Waals surface area contributed by atoms with Crippen molar-refractivity contribution in [3.05, 3.63) is 0 Å². The summed E-state index contributed by atoms with van der Waals surface area (Å²) in [6.07, 6.45) is 1.12. The number of aliphatic hydroxyl groups is 1. The van der Waals surface area contributed by atoms with E-state index < -0.39 is 0 Å². The van der Waals surface area contributed by atoms with Crippen LogP contribution in [0, 0.1) is 11.8 Å². The van der Waals surface area contributed by atoms with Crippen LogP contribution in [0.1, 0.15) is 13.3 Å². The molecule has 2 unspecified atom stereocenters. The third kappa shape index (κ3) is 1.94. The van der Waals surface area contributed by atoms with Gasteiger partial charge in [-0.1, -0.05) is 6.92 Å². The number of nitrogens with two attached hydrogens (primary N) is 1. The second-order valence-electron chi connectivity index (χ2n) is 3.34. The van der Waals surface area contributed by atoms with Gasteiger partial charge in [-0.3, -0.25) is 5.84 Å². The fourth-order valence-corrected chi connectivity index (χ4v) is 1.66. The van der Waals surface area contributed by atoms with Crippen LogP contribution in [0.3, 0.4) is 0 Å². The third-order valence-electron chi connectivity index (χ3n) is 2.03. The Morgan fingerprint density at radius 1 is 1.60 bits per heavy atom. The first-order chi connectivity index (χ1) is 4.72. The predicted octanol–water partition coefficient (Wildman–Crippen LogP) is -0.190. The molecule has 1 fully saturated rings. The highest BCUT2D eigenvalue weighted by atomic mass is 16.3. The molecule has 0 aromatic carbocycles. The lowest BCUT2D eigenvalue weighted by molar-refractivity contribution is 0.0909. The molecule has 0 aliphatic carbocycles. The predicted molar refractivity (Wildman–Crippen MR) is 40.1 cm³/mol. The maximum absolute atomic E-state index is 8.84. The summed E-state index contributed by atoms with van der Waals surface area (Å²) in [6.45, 7) is 4.26. The smallest absolute Gasteiger partial charge is 0.0472 e. The summed E-state index contributed by atoms with van der Waals surface area (Å²) in [5.41, 5.74) is 0. The zero-order valence-corrected chi connectivity index (χ0v) is 6.45. The van der Waals surface area contributed by atoms with Crippen molar-refractivity contribution in [1.82, 2.24) is 5.01 Å². The Hall–Kier alpha value is -0.120. The van der Waals surface area contributed by atoms with E-state index >= 15 is 0 Å². The second-order valence-corrected chi connectivity index (χ2v) is 3.34. The van der Waals surface area contributed by atoms with Gasteiger partial charge in [0.25, 0.3) is 0 Å². The highest BCUT2D eigenvalue weighted by molar-refractivity contribution is 4.73. The number of hydrazine groups is 1. The van der Waals surface area contributed by atoms with Crippen molar-refractivity contribution in [2.24, 2.45) is 17.7 Å². The molecular formula is C7H16N2O. The summed E-state index contributed by atoms with van der Waals surface area (Å²) in [7, 11) is 0. The monoisotopic (exact) mass is 144 g/mol. The van der Waals surface area contributed by atoms with Crippen molar-refractivity contribution < 1.29 is 5.11 Å². The number of hydrogen-bond donors (Lipinski definition) is 2. The van der Waals surface area contributed by atoms with Crippen LogP contribution in [0.2, 0.25) is 0 Å². The quantitative estimate of drug-likeness (QED) is 0.501. The lowest BCUT2D eigenvalue weighted by atomic mass is 9.92. The van der Waals surface area contributed by atoms with Gasteiger partial charge in [0.15, 0.2) is 0 Å². The van der Waals surface area contributed by atoms with Crippen molar-refractivity contribution in [2.45, 2.75) is 13.3 Å². The van der Waals surface area contributed by atoms with Gasteiger partial charge in [0.1, 0.15) is 0 Å². The molecule has 0 aromatic rings. The first-order valence-corrected chi connectivity index (χ1v) is 3.83. The first-order valence-electron chi connectivity index (χ1n) is 3.83. The summed E-state index contributed by atoms with van der Waals surface area (Å²) in [5, 5.41) is 10.6. The molecule has 3 heteroatoms. The Kier molecular flexibility index (Phi) is 2.65. The van der Waals surface area contributed by atoms with Gasteiger partial charge >= 0.3 is 0 Å². The van der Waals surface area contributed by atoms with E-state index in [4.69, 9.17) is 10.9 Å². The van der Waals surface area contributed by atoms with Gasteiger partial charge in [0.2, 0.25) is 0 Å². The Morgan fingerprint density at radius 2 is 2.30 bits per heavy atom. The van der Waals surface area contributed by atoms with Gasteiger partial charge in [-0.05, 0) is 18.3 Å². The maximum atomic E-state index is 8.84. The van der Waals surface area contributed by atoms with Crippen LogP contribution < -0.4 is 5.84 Å². The van der Waals surface area contributed by atoms with Gasteiger partial charge in [-0.2, -0.15) is 0 Å². The molecule has 0 amide bonds. The van der Waals surface area contributed by atoms with Crippen molar-refractivity contribution in [2.75, 3.05) is 19.7 Å². The largest absolute Gasteiger partial charge is 0.396 e. The van der Waals surface area contributed by atoms with Crippen LogP contribution in [-0.4, -0.2) is 29.8 Å². The summed E-state index contributed by atoms with van der Waals surface area (Å²) < 4.78 is 0. The molecule has 10 heavy (non-hydrogen) atoms. The molecule has 1 heterocycles. The standard InChI is InChI=1S/C7H16N2O/c1-6-2-7(5-10)4-9(8)3-6/h6-7,10H,2-5,8H2,1H3. The molecule has 3 nitrogen and oxygen atoms in total. The normalized spacial score (nSPS) is 36.3. The van der Waals surface area contributed by atoms with E-state index in [9.17, 15) is 0 Å². The van der Waals surface area contributed by atoms with Gasteiger partial charge in [0.05, 0.1) is 0 Å².